The van der Waals surface area contributed by atoms with Crippen LogP contribution in [0.25, 0.3) is 11.0 Å². The normalized spacial score (nSPS) is 11.2. The molecule has 3 rings (SSSR count). The first-order chi connectivity index (χ1) is 15.8. The predicted octanol–water partition coefficient (Wildman–Crippen LogP) is 5.48. The molecule has 0 fully saturated rings. The average molecular weight is 675 g/mol. The van der Waals surface area contributed by atoms with Gasteiger partial charge in [-0.1, -0.05) is 18.6 Å². The van der Waals surface area contributed by atoms with Crippen LogP contribution in [0.2, 0.25) is 0 Å². The third-order valence-electron chi connectivity index (χ3n) is 5.53. The minimum Gasteiger partial charge on any atom is -0.506 e. The summed E-state index contributed by atoms with van der Waals surface area (Å²) < 4.78 is 7.43. The van der Waals surface area contributed by atoms with Gasteiger partial charge in [0.1, 0.15) is 17.1 Å². The number of phenols is 1. The topological polar surface area (TPSA) is 114 Å². The van der Waals surface area contributed by atoms with Gasteiger partial charge in [0.25, 0.3) is 0 Å². The molecule has 0 aliphatic carbocycles. The zero-order valence-electron chi connectivity index (χ0n) is 18.2. The third kappa shape index (κ3) is 6.69. The Labute approximate surface area is 220 Å². The lowest BCUT2D eigenvalue weighted by molar-refractivity contribution is -0.118. The standard InChI is InChI=1S/C25H27I2NO5/c26-18-13-16(14-19(27)25(18)32)24(31)23-17-10-9-15(6-4-5-11-29)12-21(17)33-20(23)7-2-1-3-8-22(28)30/h9-10,12-14,29,32H,1-8,11H2,(H2,28,30). The molecule has 0 radical (unpaired) electrons. The molecule has 8 heteroatoms. The number of aromatic hydroxyl groups is 1. The second kappa shape index (κ2) is 12.2. The molecule has 1 amide bonds. The summed E-state index contributed by atoms with van der Waals surface area (Å²) in [5, 5.41) is 19.9. The summed E-state index contributed by atoms with van der Waals surface area (Å²) in [7, 11) is 0. The Morgan fingerprint density at radius 3 is 2.30 bits per heavy atom. The monoisotopic (exact) mass is 675 g/mol. The molecule has 0 atom stereocenters. The maximum absolute atomic E-state index is 13.6. The lowest BCUT2D eigenvalue weighted by Crippen LogP contribution is -2.09. The van der Waals surface area contributed by atoms with Crippen LogP contribution in [0.1, 0.15) is 65.8 Å². The van der Waals surface area contributed by atoms with Crippen molar-refractivity contribution in [2.24, 2.45) is 5.73 Å². The second-order valence-electron chi connectivity index (χ2n) is 8.06. The van der Waals surface area contributed by atoms with Crippen molar-refractivity contribution in [2.75, 3.05) is 6.61 Å². The highest BCUT2D eigenvalue weighted by Gasteiger charge is 2.23. The molecule has 0 aliphatic heterocycles. The Hall–Kier alpha value is -1.66. The van der Waals surface area contributed by atoms with Crippen molar-refractivity contribution in [1.29, 1.82) is 0 Å². The van der Waals surface area contributed by atoms with Crippen molar-refractivity contribution in [1.82, 2.24) is 0 Å². The van der Waals surface area contributed by atoms with Crippen molar-refractivity contribution < 1.29 is 24.2 Å². The fraction of sp³-hybridized carbons (Fsp3) is 0.360. The largest absolute Gasteiger partial charge is 0.506 e. The Balaban J connectivity index is 1.94. The van der Waals surface area contributed by atoms with E-state index in [4.69, 9.17) is 15.3 Å². The number of carbonyl (C=O) groups is 2. The van der Waals surface area contributed by atoms with E-state index >= 15 is 0 Å². The number of ketones is 1. The number of amides is 1. The molecule has 1 aromatic heterocycles. The number of hydrogen-bond donors (Lipinski definition) is 3. The van der Waals surface area contributed by atoms with Crippen LogP contribution in [-0.2, 0) is 17.6 Å². The molecule has 0 saturated heterocycles. The SMILES string of the molecule is NC(=O)CCCCCc1oc2cc(CCCCO)ccc2c1C(=O)c1cc(I)c(O)c(I)c1. The van der Waals surface area contributed by atoms with Crippen LogP contribution >= 0.6 is 45.2 Å². The number of halogens is 2. The van der Waals surface area contributed by atoms with E-state index < -0.39 is 0 Å². The van der Waals surface area contributed by atoms with E-state index in [9.17, 15) is 14.7 Å². The number of rotatable bonds is 12. The molecule has 0 bridgehead atoms. The number of phenolic OH excluding ortho intramolecular Hbond substituents is 1. The predicted molar refractivity (Wildman–Crippen MR) is 145 cm³/mol. The van der Waals surface area contributed by atoms with Crippen LogP contribution in [0.5, 0.6) is 5.75 Å². The number of nitrogens with two attached hydrogens (primary N) is 1. The maximum Gasteiger partial charge on any atom is 0.217 e. The average Bonchev–Trinajstić information content (AvgIpc) is 3.13. The first-order valence-electron chi connectivity index (χ1n) is 11.0. The zero-order valence-corrected chi connectivity index (χ0v) is 22.5. The first-order valence-corrected chi connectivity index (χ1v) is 13.1. The molecule has 4 N–H and O–H groups in total. The number of aliphatic hydroxyl groups is 1. The van der Waals surface area contributed by atoms with Gasteiger partial charge in [-0.15, -0.1) is 0 Å². The van der Waals surface area contributed by atoms with Crippen molar-refractivity contribution in [3.05, 3.63) is 59.9 Å². The van der Waals surface area contributed by atoms with E-state index in [-0.39, 0.29) is 24.0 Å². The Bertz CT molecular complexity index is 1130. The van der Waals surface area contributed by atoms with Crippen molar-refractivity contribution in [2.45, 2.75) is 51.4 Å². The molecule has 0 aliphatic rings. The van der Waals surface area contributed by atoms with Crippen LogP contribution in [0.15, 0.2) is 34.7 Å². The van der Waals surface area contributed by atoms with Gasteiger partial charge in [0, 0.05) is 30.4 Å². The number of unbranched alkanes of at least 4 members (excludes halogenated alkanes) is 3. The van der Waals surface area contributed by atoms with Gasteiger partial charge in [-0.05, 0) is 101 Å². The van der Waals surface area contributed by atoms with Crippen LogP contribution in [0, 0.1) is 7.14 Å². The highest BCUT2D eigenvalue weighted by Crippen LogP contribution is 2.33. The van der Waals surface area contributed by atoms with Gasteiger partial charge in [-0.2, -0.15) is 0 Å². The number of furan rings is 1. The van der Waals surface area contributed by atoms with E-state index in [1.807, 2.05) is 63.4 Å². The zero-order chi connectivity index (χ0) is 24.0. The summed E-state index contributed by atoms with van der Waals surface area (Å²) in [4.78, 5) is 24.6. The summed E-state index contributed by atoms with van der Waals surface area (Å²) in [5.74, 6) is 0.372. The molecular formula is C25H27I2NO5. The molecule has 33 heavy (non-hydrogen) atoms. The van der Waals surface area contributed by atoms with Crippen molar-refractivity contribution >= 4 is 67.8 Å². The fourth-order valence-corrected chi connectivity index (χ4v) is 5.58. The molecule has 0 saturated carbocycles. The van der Waals surface area contributed by atoms with Gasteiger partial charge in [0.15, 0.2) is 5.78 Å². The summed E-state index contributed by atoms with van der Waals surface area (Å²) in [6.45, 7) is 0.172. The van der Waals surface area contributed by atoms with E-state index in [1.54, 1.807) is 12.1 Å². The van der Waals surface area contributed by atoms with E-state index in [0.717, 1.165) is 43.1 Å². The smallest absolute Gasteiger partial charge is 0.217 e. The minimum atomic E-state index is -0.306. The maximum atomic E-state index is 13.6. The van der Waals surface area contributed by atoms with Crippen molar-refractivity contribution in [3.8, 4) is 5.75 Å². The van der Waals surface area contributed by atoms with Gasteiger partial charge < -0.3 is 20.4 Å². The highest BCUT2D eigenvalue weighted by molar-refractivity contribution is 14.1. The number of carbonyl (C=O) groups excluding carboxylic acids is 2. The number of primary amides is 1. The number of hydrogen-bond acceptors (Lipinski definition) is 5. The minimum absolute atomic E-state index is 0.134. The number of benzene rings is 2. The Morgan fingerprint density at radius 1 is 0.939 bits per heavy atom. The molecule has 176 valence electrons. The Morgan fingerprint density at radius 2 is 1.64 bits per heavy atom. The summed E-state index contributed by atoms with van der Waals surface area (Å²) in [6.07, 6.45) is 5.70. The summed E-state index contributed by atoms with van der Waals surface area (Å²) in [5.41, 5.74) is 8.06. The number of aliphatic hydroxyl groups excluding tert-OH is 1. The van der Waals surface area contributed by atoms with E-state index in [1.165, 1.54) is 0 Å². The molecule has 0 unspecified atom stereocenters. The van der Waals surface area contributed by atoms with E-state index in [2.05, 4.69) is 0 Å². The van der Waals surface area contributed by atoms with Gasteiger partial charge in [-0.25, -0.2) is 0 Å². The van der Waals surface area contributed by atoms with Gasteiger partial charge in [0.2, 0.25) is 5.91 Å². The second-order valence-corrected chi connectivity index (χ2v) is 10.4. The molecule has 3 aromatic rings. The van der Waals surface area contributed by atoms with Crippen LogP contribution in [-0.4, -0.2) is 28.5 Å². The fourth-order valence-electron chi connectivity index (χ4n) is 3.82. The molecular weight excluding hydrogens is 648 g/mol. The molecule has 0 spiro atoms. The van der Waals surface area contributed by atoms with Gasteiger partial charge in [0.05, 0.1) is 12.7 Å². The molecule has 6 nitrogen and oxygen atoms in total. The number of fused-ring (bicyclic) bond motifs is 1. The highest BCUT2D eigenvalue weighted by atomic mass is 127. The lowest BCUT2D eigenvalue weighted by Gasteiger charge is -2.07. The molecule has 2 aromatic carbocycles. The quantitative estimate of drug-likeness (QED) is 0.134. The number of aryl methyl sites for hydroxylation is 2. The Kier molecular flexibility index (Phi) is 9.57. The van der Waals surface area contributed by atoms with Crippen LogP contribution in [0.3, 0.4) is 0 Å². The first kappa shape index (κ1) is 26.0. The van der Waals surface area contributed by atoms with Gasteiger partial charge in [-0.3, -0.25) is 9.59 Å². The van der Waals surface area contributed by atoms with Crippen LogP contribution in [0.4, 0.5) is 0 Å². The summed E-state index contributed by atoms with van der Waals surface area (Å²) in [6, 6.07) is 9.31. The van der Waals surface area contributed by atoms with Crippen LogP contribution < -0.4 is 5.73 Å². The molecule has 1 heterocycles. The van der Waals surface area contributed by atoms with Crippen molar-refractivity contribution in [3.63, 3.8) is 0 Å². The van der Waals surface area contributed by atoms with Gasteiger partial charge >= 0.3 is 0 Å². The lowest BCUT2D eigenvalue weighted by atomic mass is 9.97. The van der Waals surface area contributed by atoms with E-state index in [0.29, 0.717) is 48.9 Å². The third-order valence-corrected chi connectivity index (χ3v) is 7.18. The summed E-state index contributed by atoms with van der Waals surface area (Å²) >= 11 is 4.05.